The molecule has 14 atom stereocenters. The third-order valence-electron chi connectivity index (χ3n) is 16.8. The van der Waals surface area contributed by atoms with Crippen molar-refractivity contribution in [1.82, 2.24) is 0 Å². The maximum atomic E-state index is 14.4. The van der Waals surface area contributed by atoms with E-state index in [1.54, 1.807) is 0 Å². The number of ether oxygens (including phenoxy) is 8. The number of fused-ring (bicyclic) bond motifs is 6. The lowest BCUT2D eigenvalue weighted by molar-refractivity contribution is -0.366. The van der Waals surface area contributed by atoms with E-state index >= 15 is 0 Å². The van der Waals surface area contributed by atoms with Crippen molar-refractivity contribution in [3.05, 3.63) is 103 Å². The van der Waals surface area contributed by atoms with E-state index in [1.165, 1.54) is 64.5 Å². The van der Waals surface area contributed by atoms with Gasteiger partial charge in [0, 0.05) is 84.0 Å². The van der Waals surface area contributed by atoms with Gasteiger partial charge in [-0.2, -0.15) is 0 Å². The number of phenolic OH excluding ortho intramolecular Hbond substituents is 4. The minimum atomic E-state index is -3.09. The predicted molar refractivity (Wildman–Crippen MR) is 261 cm³/mol. The Hall–Kier alpha value is -6.20. The van der Waals surface area contributed by atoms with Crippen molar-refractivity contribution >= 4 is 23.1 Å². The zero-order chi connectivity index (χ0) is 56.0. The number of hydrogen-bond acceptors (Lipinski definition) is 24. The van der Waals surface area contributed by atoms with E-state index in [0.717, 1.165) is 0 Å². The Morgan fingerprint density at radius 2 is 1.01 bits per heavy atom. The van der Waals surface area contributed by atoms with Crippen molar-refractivity contribution in [3.63, 3.8) is 0 Å². The Kier molecular flexibility index (Phi) is 12.9. The lowest BCUT2D eigenvalue weighted by Crippen LogP contribution is -2.65. The first-order chi connectivity index (χ1) is 36.9. The van der Waals surface area contributed by atoms with Crippen LogP contribution in [-0.4, -0.2) is 173 Å². The van der Waals surface area contributed by atoms with Gasteiger partial charge in [0.1, 0.15) is 58.9 Å². The maximum Gasteiger partial charge on any atom is 0.224 e. The van der Waals surface area contributed by atoms with Gasteiger partial charge in [0.05, 0.1) is 84.2 Å². The topological polar surface area (TPSA) is 396 Å². The van der Waals surface area contributed by atoms with Gasteiger partial charge >= 0.3 is 0 Å². The van der Waals surface area contributed by atoms with Crippen LogP contribution < -0.4 is 20.9 Å². The number of rotatable bonds is 9. The molecule has 0 saturated carbocycles. The molecule has 3 aliphatic heterocycles. The summed E-state index contributed by atoms with van der Waals surface area (Å²) in [6.07, 6.45) is -13.9. The number of methoxy groups -OCH3 is 2. The van der Waals surface area contributed by atoms with Gasteiger partial charge < -0.3 is 100 Å². The average molecular weight is 1090 g/mol. The smallest absolute Gasteiger partial charge is 0.224 e. The first kappa shape index (κ1) is 53.8. The SMILES string of the molecule is COc1cccc2c1C(=O)c1c(O)c3c(c(O)c1C2=O)C[C@@](O)(C1(O)COC(CO)([C@@]2(O)Cc4c(O)c5c(c(O)c4[C@@H](O[C@H]4C[C@H](N)[C@H](O)[C@H](C)O4)C2)C(=O)c2c(OC)cccc2C5=O)O1)C[C@@H]3O[C@H]1C[C@H](N)[C@H](O)[C@H](C)O1. The minimum Gasteiger partial charge on any atom is -0.507 e. The molecular weight excluding hydrogens is 1030 g/mol. The molecule has 0 bridgehead atoms. The van der Waals surface area contributed by atoms with Crippen molar-refractivity contribution in [2.75, 3.05) is 27.4 Å². The van der Waals surface area contributed by atoms with Gasteiger partial charge in [-0.1, -0.05) is 24.3 Å². The summed E-state index contributed by atoms with van der Waals surface area (Å²) < 4.78 is 47.9. The minimum absolute atomic E-state index is 0.0101. The van der Waals surface area contributed by atoms with Crippen molar-refractivity contribution in [2.24, 2.45) is 11.5 Å². The third kappa shape index (κ3) is 7.65. The van der Waals surface area contributed by atoms with E-state index in [9.17, 15) is 70.2 Å². The number of phenols is 4. The van der Waals surface area contributed by atoms with Crippen LogP contribution in [-0.2, 0) is 41.3 Å². The quantitative estimate of drug-likeness (QED) is 0.0867. The van der Waals surface area contributed by atoms with Crippen molar-refractivity contribution in [3.8, 4) is 34.5 Å². The highest BCUT2D eigenvalue weighted by Crippen LogP contribution is 2.60. The highest BCUT2D eigenvalue weighted by Gasteiger charge is 2.70. The van der Waals surface area contributed by atoms with Crippen LogP contribution in [0.1, 0.15) is 138 Å². The third-order valence-corrected chi connectivity index (χ3v) is 16.8. The number of aliphatic hydroxyl groups is 6. The second-order valence-electron chi connectivity index (χ2n) is 21.2. The van der Waals surface area contributed by atoms with E-state index in [4.69, 9.17) is 49.4 Å². The summed E-state index contributed by atoms with van der Waals surface area (Å²) in [5.74, 6) is -13.1. The fourth-order valence-corrected chi connectivity index (χ4v) is 12.6. The molecule has 0 aromatic heterocycles. The van der Waals surface area contributed by atoms with Gasteiger partial charge in [0.2, 0.25) is 23.1 Å². The van der Waals surface area contributed by atoms with Crippen molar-refractivity contribution in [2.45, 2.75) is 136 Å². The molecule has 78 heavy (non-hydrogen) atoms. The van der Waals surface area contributed by atoms with Crippen LogP contribution in [0.5, 0.6) is 34.5 Å². The maximum absolute atomic E-state index is 14.4. The van der Waals surface area contributed by atoms with Gasteiger partial charge in [-0.3, -0.25) is 19.2 Å². The Bertz CT molecular complexity index is 3220. The second kappa shape index (κ2) is 18.7. The number of aliphatic hydroxyl groups excluding tert-OH is 3. The summed E-state index contributed by atoms with van der Waals surface area (Å²) in [5.41, 5.74) is 2.17. The highest BCUT2D eigenvalue weighted by atomic mass is 16.8. The van der Waals surface area contributed by atoms with Gasteiger partial charge in [-0.25, -0.2) is 0 Å². The summed E-state index contributed by atoms with van der Waals surface area (Å²) in [5, 5.41) is 121. The molecule has 24 heteroatoms. The molecule has 3 saturated heterocycles. The number of aromatic hydroxyl groups is 4. The Morgan fingerprint density at radius 3 is 1.42 bits per heavy atom. The molecule has 0 amide bonds. The average Bonchev–Trinajstić information content (AvgIpc) is 3.98. The molecule has 11 rings (SSSR count). The van der Waals surface area contributed by atoms with Crippen LogP contribution in [0.4, 0.5) is 0 Å². The zero-order valence-electron chi connectivity index (χ0n) is 42.4. The molecule has 3 heterocycles. The van der Waals surface area contributed by atoms with Gasteiger partial charge in [-0.05, 0) is 26.0 Å². The van der Waals surface area contributed by atoms with Crippen LogP contribution in [0.15, 0.2) is 36.4 Å². The summed E-state index contributed by atoms with van der Waals surface area (Å²) in [6.45, 7) is 0.573. The fourth-order valence-electron chi connectivity index (χ4n) is 12.6. The largest absolute Gasteiger partial charge is 0.507 e. The van der Waals surface area contributed by atoms with Gasteiger partial charge in [-0.15, -0.1) is 0 Å². The van der Waals surface area contributed by atoms with Crippen molar-refractivity contribution in [1.29, 1.82) is 0 Å². The van der Waals surface area contributed by atoms with E-state index in [-0.39, 0.29) is 57.7 Å². The monoisotopic (exact) mass is 1090 g/mol. The Morgan fingerprint density at radius 1 is 0.603 bits per heavy atom. The molecular formula is C54H58N2O22. The molecule has 7 aliphatic rings. The normalized spacial score (nSPS) is 35.0. The number of carbonyl (C=O) groups is 4. The van der Waals surface area contributed by atoms with Gasteiger partial charge in [0.15, 0.2) is 24.1 Å². The Balaban J connectivity index is 1.01. The molecule has 4 aromatic carbocycles. The number of carbonyl (C=O) groups excluding carboxylic acids is 4. The van der Waals surface area contributed by atoms with E-state index in [1.807, 2.05) is 0 Å². The summed E-state index contributed by atoms with van der Waals surface area (Å²) >= 11 is 0. The molecule has 4 aliphatic carbocycles. The summed E-state index contributed by atoms with van der Waals surface area (Å²) in [6, 6.07) is 6.50. The number of benzene rings is 4. The van der Waals surface area contributed by atoms with Crippen LogP contribution in [0.2, 0.25) is 0 Å². The fraction of sp³-hybridized carbons (Fsp3) is 0.481. The van der Waals surface area contributed by atoms with Crippen LogP contribution in [0.25, 0.3) is 0 Å². The molecule has 0 radical (unpaired) electrons. The Labute approximate surface area is 443 Å². The van der Waals surface area contributed by atoms with Crippen LogP contribution >= 0.6 is 0 Å². The standard InChI is InChI=1S/C54H58N2O22/c1-19-41(58)25(55)11-31(74-19)76-29-15-51(68,13-23-35(29)49(66)39-37(45(23)62)43(60)21-7-5-9-27(71-3)33(21)47(39)64)53(70)18-73-54(17-57,78-53)52(69)14-24-36(30(16-52)77-32-12-26(56)42(59)20(2)75-32)50(67)40-38(46(24)63)44(61)22-8-6-10-28(72-4)34(22)48(40)65/h5-10,19-20,25-26,29-32,41-42,57-59,62-63,66-70H,11-18,55-56H2,1-4H3/t19-,20-,25-,26-,29-,30-,31-,32-,41+,42+,51-,52+,53?,54?/m0/s1. The number of nitrogens with two attached hydrogens (primary N) is 2. The molecule has 3 fully saturated rings. The molecule has 416 valence electrons. The predicted octanol–water partition coefficient (Wildman–Crippen LogP) is 0.317. The molecule has 2 unspecified atom stereocenters. The second-order valence-corrected chi connectivity index (χ2v) is 21.2. The van der Waals surface area contributed by atoms with E-state index in [0.29, 0.717) is 0 Å². The first-order valence-corrected chi connectivity index (χ1v) is 25.2. The first-order valence-electron chi connectivity index (χ1n) is 25.2. The number of hydrogen-bond donors (Lipinski definition) is 12. The van der Waals surface area contributed by atoms with Gasteiger partial charge in [0.25, 0.3) is 0 Å². The summed E-state index contributed by atoms with van der Waals surface area (Å²) in [4.78, 5) is 57.4. The van der Waals surface area contributed by atoms with E-state index < -0.39 is 202 Å². The van der Waals surface area contributed by atoms with Crippen LogP contribution in [0, 0.1) is 0 Å². The lowest BCUT2D eigenvalue weighted by atomic mass is 9.69. The lowest BCUT2D eigenvalue weighted by Gasteiger charge is -2.50. The molecule has 4 aromatic rings. The van der Waals surface area contributed by atoms with Crippen LogP contribution in [0.3, 0.4) is 0 Å². The molecule has 0 spiro atoms. The summed E-state index contributed by atoms with van der Waals surface area (Å²) in [7, 11) is 2.54. The highest BCUT2D eigenvalue weighted by molar-refractivity contribution is 6.32. The molecule has 14 N–H and O–H groups in total. The number of ketones is 4. The zero-order valence-corrected chi connectivity index (χ0v) is 42.4. The van der Waals surface area contributed by atoms with E-state index in [2.05, 4.69) is 0 Å². The van der Waals surface area contributed by atoms with Crippen molar-refractivity contribution < 1.29 is 108 Å². The molecule has 24 nitrogen and oxygen atoms in total.